The van der Waals surface area contributed by atoms with Crippen LogP contribution in [0, 0.1) is 13.8 Å². The summed E-state index contributed by atoms with van der Waals surface area (Å²) in [5.41, 5.74) is 10.3. The molecular formula is C21H22N6O4S. The van der Waals surface area contributed by atoms with Crippen molar-refractivity contribution in [1.29, 1.82) is 0 Å². The van der Waals surface area contributed by atoms with Gasteiger partial charge in [0, 0.05) is 23.5 Å². The highest BCUT2D eigenvalue weighted by molar-refractivity contribution is 7.85. The van der Waals surface area contributed by atoms with Gasteiger partial charge in [-0.25, -0.2) is 18.9 Å². The van der Waals surface area contributed by atoms with Crippen LogP contribution in [-0.4, -0.2) is 42.9 Å². The number of hydrogen-bond acceptors (Lipinski definition) is 7. The number of benzene rings is 1. The van der Waals surface area contributed by atoms with Crippen molar-refractivity contribution in [1.82, 2.24) is 24.1 Å². The minimum absolute atomic E-state index is 0.00570. The molecule has 32 heavy (non-hydrogen) atoms. The smallest absolute Gasteiger partial charge is 0.353 e. The topological polar surface area (TPSA) is 145 Å². The Morgan fingerprint density at radius 2 is 1.69 bits per heavy atom. The van der Waals surface area contributed by atoms with E-state index in [9.17, 15) is 13.2 Å². The van der Waals surface area contributed by atoms with Gasteiger partial charge in [-0.05, 0) is 38.0 Å². The van der Waals surface area contributed by atoms with E-state index in [1.165, 1.54) is 4.40 Å². The maximum absolute atomic E-state index is 13.0. The molecule has 1 aromatic carbocycles. The SMILES string of the molecule is Cc1cc(-c2c(-c3ccccc3)nc(N)n3c(=O)n(CCCS(=O)(=O)O)nc23)cc(C)n1. The van der Waals surface area contributed by atoms with E-state index in [1.807, 2.05) is 56.3 Å². The van der Waals surface area contributed by atoms with Crippen molar-refractivity contribution in [3.8, 4) is 22.4 Å². The van der Waals surface area contributed by atoms with Crippen LogP contribution >= 0.6 is 0 Å². The molecule has 0 radical (unpaired) electrons. The van der Waals surface area contributed by atoms with Gasteiger partial charge in [0.2, 0.25) is 5.95 Å². The second kappa shape index (κ2) is 8.17. The van der Waals surface area contributed by atoms with Crippen LogP contribution < -0.4 is 11.4 Å². The first-order chi connectivity index (χ1) is 15.1. The Labute approximate surface area is 184 Å². The van der Waals surface area contributed by atoms with E-state index >= 15 is 0 Å². The van der Waals surface area contributed by atoms with Crippen LogP contribution in [-0.2, 0) is 16.7 Å². The summed E-state index contributed by atoms with van der Waals surface area (Å²) in [4.78, 5) is 21.9. The van der Waals surface area contributed by atoms with E-state index < -0.39 is 21.6 Å². The third-order valence-electron chi connectivity index (χ3n) is 4.94. The van der Waals surface area contributed by atoms with Crippen molar-refractivity contribution >= 4 is 21.7 Å². The lowest BCUT2D eigenvalue weighted by atomic mass is 9.99. The number of anilines is 1. The van der Waals surface area contributed by atoms with Crippen LogP contribution in [0.1, 0.15) is 17.8 Å². The fourth-order valence-corrected chi connectivity index (χ4v) is 4.19. The summed E-state index contributed by atoms with van der Waals surface area (Å²) in [6.45, 7) is 3.75. The number of nitrogens with zero attached hydrogens (tertiary/aromatic N) is 5. The summed E-state index contributed by atoms with van der Waals surface area (Å²) < 4.78 is 33.4. The lowest BCUT2D eigenvalue weighted by Gasteiger charge is -2.13. The number of hydrogen-bond donors (Lipinski definition) is 2. The van der Waals surface area contributed by atoms with Crippen molar-refractivity contribution in [2.75, 3.05) is 11.5 Å². The molecule has 166 valence electrons. The van der Waals surface area contributed by atoms with Crippen molar-refractivity contribution in [2.45, 2.75) is 26.8 Å². The third-order valence-corrected chi connectivity index (χ3v) is 5.75. The normalized spacial score (nSPS) is 11.8. The van der Waals surface area contributed by atoms with Crippen LogP contribution in [0.4, 0.5) is 5.95 Å². The first kappa shape index (κ1) is 21.7. The Kier molecular flexibility index (Phi) is 5.53. The zero-order valence-corrected chi connectivity index (χ0v) is 18.4. The average molecular weight is 455 g/mol. The lowest BCUT2D eigenvalue weighted by molar-refractivity contribution is 0.475. The molecule has 0 amide bonds. The largest absolute Gasteiger partial charge is 0.369 e. The molecule has 10 nitrogen and oxygen atoms in total. The molecule has 11 heteroatoms. The lowest BCUT2D eigenvalue weighted by Crippen LogP contribution is -2.24. The van der Waals surface area contributed by atoms with E-state index in [2.05, 4.69) is 15.1 Å². The summed E-state index contributed by atoms with van der Waals surface area (Å²) in [6.07, 6.45) is 0.0182. The van der Waals surface area contributed by atoms with E-state index in [0.717, 1.165) is 27.2 Å². The van der Waals surface area contributed by atoms with Gasteiger partial charge in [0.05, 0.1) is 17.0 Å². The van der Waals surface area contributed by atoms with Gasteiger partial charge in [-0.2, -0.15) is 8.42 Å². The van der Waals surface area contributed by atoms with Crippen LogP contribution in [0.2, 0.25) is 0 Å². The molecule has 0 saturated carbocycles. The van der Waals surface area contributed by atoms with Gasteiger partial charge in [-0.15, -0.1) is 5.10 Å². The number of rotatable bonds is 6. The number of nitrogen functional groups attached to an aromatic ring is 1. The molecule has 0 unspecified atom stereocenters. The predicted molar refractivity (Wildman–Crippen MR) is 121 cm³/mol. The quantitative estimate of drug-likeness (QED) is 0.421. The molecule has 3 heterocycles. The van der Waals surface area contributed by atoms with Gasteiger partial charge in [0.15, 0.2) is 5.65 Å². The van der Waals surface area contributed by atoms with E-state index in [4.69, 9.17) is 10.3 Å². The molecule has 4 rings (SSSR count). The van der Waals surface area contributed by atoms with E-state index in [1.54, 1.807) is 0 Å². The molecule has 3 aromatic heterocycles. The summed E-state index contributed by atoms with van der Waals surface area (Å²) in [5, 5.41) is 4.46. The van der Waals surface area contributed by atoms with Gasteiger partial charge in [-0.1, -0.05) is 30.3 Å². The molecule has 0 aliphatic heterocycles. The van der Waals surface area contributed by atoms with Crippen molar-refractivity contribution in [3.63, 3.8) is 0 Å². The van der Waals surface area contributed by atoms with Gasteiger partial charge < -0.3 is 5.73 Å². The number of fused-ring (bicyclic) bond motifs is 1. The Morgan fingerprint density at radius 3 is 2.31 bits per heavy atom. The first-order valence-electron chi connectivity index (χ1n) is 9.89. The molecule has 3 N–H and O–H groups in total. The molecule has 0 bridgehead atoms. The monoisotopic (exact) mass is 454 g/mol. The maximum Gasteiger partial charge on any atom is 0.353 e. The predicted octanol–water partition coefficient (Wildman–Crippen LogP) is 2.10. The molecule has 0 fully saturated rings. The fraction of sp³-hybridized carbons (Fsp3) is 0.238. The molecule has 0 saturated heterocycles. The Bertz CT molecular complexity index is 1460. The highest BCUT2D eigenvalue weighted by Gasteiger charge is 2.22. The van der Waals surface area contributed by atoms with E-state index in [-0.39, 0.29) is 18.9 Å². The zero-order chi connectivity index (χ0) is 23.0. The van der Waals surface area contributed by atoms with Crippen molar-refractivity contribution in [3.05, 3.63) is 64.3 Å². The molecule has 4 aromatic rings. The summed E-state index contributed by atoms with van der Waals surface area (Å²) in [5.74, 6) is -0.512. The minimum Gasteiger partial charge on any atom is -0.369 e. The van der Waals surface area contributed by atoms with Gasteiger partial charge in [-0.3, -0.25) is 9.54 Å². The molecular weight excluding hydrogens is 432 g/mol. The summed E-state index contributed by atoms with van der Waals surface area (Å²) in [7, 11) is -4.14. The number of nitrogens with two attached hydrogens (primary N) is 1. The van der Waals surface area contributed by atoms with Gasteiger partial charge in [0.25, 0.3) is 10.1 Å². The first-order valence-corrected chi connectivity index (χ1v) is 11.5. The Balaban J connectivity index is 1.99. The second-order valence-corrected chi connectivity index (χ2v) is 9.07. The Hall–Kier alpha value is -3.57. The van der Waals surface area contributed by atoms with Crippen LogP contribution in [0.3, 0.4) is 0 Å². The summed E-state index contributed by atoms with van der Waals surface area (Å²) >= 11 is 0. The molecule has 0 spiro atoms. The van der Waals surface area contributed by atoms with Gasteiger partial charge in [0.1, 0.15) is 0 Å². The maximum atomic E-state index is 13.0. The van der Waals surface area contributed by atoms with Crippen LogP contribution in [0.15, 0.2) is 47.3 Å². The molecule has 0 atom stereocenters. The van der Waals surface area contributed by atoms with Crippen LogP contribution in [0.5, 0.6) is 0 Å². The van der Waals surface area contributed by atoms with Gasteiger partial charge >= 0.3 is 5.69 Å². The zero-order valence-electron chi connectivity index (χ0n) is 17.6. The standard InChI is InChI=1S/C21H22N6O4S/c1-13-11-16(12-14(2)23-13)17-18(15-7-4-3-5-8-15)24-20(22)27-19(17)25-26(21(27)28)9-6-10-32(29,30)31/h3-5,7-8,11-12H,6,9-10H2,1-2H3,(H2,22,24)(H,29,30,31). The number of aryl methyl sites for hydroxylation is 3. The van der Waals surface area contributed by atoms with Crippen LogP contribution in [0.25, 0.3) is 28.0 Å². The second-order valence-electron chi connectivity index (χ2n) is 7.50. The highest BCUT2D eigenvalue weighted by Crippen LogP contribution is 2.34. The highest BCUT2D eigenvalue weighted by atomic mass is 32.2. The van der Waals surface area contributed by atoms with Crippen molar-refractivity contribution in [2.24, 2.45) is 0 Å². The summed E-state index contributed by atoms with van der Waals surface area (Å²) in [6, 6.07) is 13.2. The number of aromatic nitrogens is 5. The fourth-order valence-electron chi connectivity index (χ4n) is 3.69. The third kappa shape index (κ3) is 4.25. The molecule has 0 aliphatic carbocycles. The average Bonchev–Trinajstić information content (AvgIpc) is 3.03. The number of pyridine rings is 1. The van der Waals surface area contributed by atoms with Crippen molar-refractivity contribution < 1.29 is 13.0 Å². The molecule has 0 aliphatic rings. The minimum atomic E-state index is -4.14. The Morgan fingerprint density at radius 1 is 1.03 bits per heavy atom. The van der Waals surface area contributed by atoms with E-state index in [0.29, 0.717) is 16.9 Å².